The van der Waals surface area contributed by atoms with E-state index < -0.39 is 0 Å². The minimum absolute atomic E-state index is 0.0569. The fourth-order valence-corrected chi connectivity index (χ4v) is 4.20. The van der Waals surface area contributed by atoms with E-state index in [0.717, 1.165) is 50.0 Å². The summed E-state index contributed by atoms with van der Waals surface area (Å²) in [7, 11) is 0. The highest BCUT2D eigenvalue weighted by molar-refractivity contribution is 7.16. The molecule has 2 aliphatic rings. The number of hydrogen-bond donors (Lipinski definition) is 1. The molecule has 1 amide bonds. The standard InChI is InChI=1S/C15H22ClN3OS/c16-14-5-4-12(21-14)11-18-7-9-19(10-8-18)15(20)13-3-1-2-6-17-13/h4-5,13,17H,1-3,6-11H2. The fourth-order valence-electron chi connectivity index (χ4n) is 3.07. The minimum atomic E-state index is 0.0569. The molecule has 3 heterocycles. The molecule has 2 aliphatic heterocycles. The molecule has 6 heteroatoms. The lowest BCUT2D eigenvalue weighted by molar-refractivity contribution is -0.135. The van der Waals surface area contributed by atoms with Gasteiger partial charge in [-0.2, -0.15) is 0 Å². The van der Waals surface area contributed by atoms with E-state index in [4.69, 9.17) is 11.6 Å². The normalized spacial score (nSPS) is 24.2. The van der Waals surface area contributed by atoms with Gasteiger partial charge < -0.3 is 10.2 Å². The largest absolute Gasteiger partial charge is 0.339 e. The van der Waals surface area contributed by atoms with Gasteiger partial charge in [0.2, 0.25) is 5.91 Å². The average Bonchev–Trinajstić information content (AvgIpc) is 2.93. The van der Waals surface area contributed by atoms with Gasteiger partial charge in [0.25, 0.3) is 0 Å². The van der Waals surface area contributed by atoms with Crippen LogP contribution in [0.15, 0.2) is 12.1 Å². The predicted molar refractivity (Wildman–Crippen MR) is 86.8 cm³/mol. The van der Waals surface area contributed by atoms with Gasteiger partial charge in [0.1, 0.15) is 0 Å². The van der Waals surface area contributed by atoms with Crippen molar-refractivity contribution >= 4 is 28.8 Å². The summed E-state index contributed by atoms with van der Waals surface area (Å²) in [5, 5.41) is 3.35. The fraction of sp³-hybridized carbons (Fsp3) is 0.667. The zero-order chi connectivity index (χ0) is 14.7. The number of carbonyl (C=O) groups is 1. The zero-order valence-corrected chi connectivity index (χ0v) is 13.8. The highest BCUT2D eigenvalue weighted by Gasteiger charge is 2.28. The SMILES string of the molecule is O=C(C1CCCCN1)N1CCN(Cc2ccc(Cl)s2)CC1. The van der Waals surface area contributed by atoms with Crippen molar-refractivity contribution in [3.05, 3.63) is 21.3 Å². The third-order valence-corrected chi connectivity index (χ3v) is 5.52. The molecule has 4 nitrogen and oxygen atoms in total. The molecule has 1 atom stereocenters. The first-order valence-electron chi connectivity index (χ1n) is 7.71. The lowest BCUT2D eigenvalue weighted by Gasteiger charge is -2.37. The van der Waals surface area contributed by atoms with E-state index >= 15 is 0 Å². The molecule has 2 saturated heterocycles. The van der Waals surface area contributed by atoms with Crippen molar-refractivity contribution in [2.75, 3.05) is 32.7 Å². The Balaban J connectivity index is 1.47. The Kier molecular flexibility index (Phi) is 5.16. The van der Waals surface area contributed by atoms with Crippen LogP contribution in [0.3, 0.4) is 0 Å². The maximum absolute atomic E-state index is 12.5. The van der Waals surface area contributed by atoms with Crippen molar-refractivity contribution in [1.29, 1.82) is 0 Å². The number of amides is 1. The monoisotopic (exact) mass is 327 g/mol. The molecule has 1 aromatic rings. The Hall–Kier alpha value is -0.620. The van der Waals surface area contributed by atoms with E-state index in [1.54, 1.807) is 11.3 Å². The van der Waals surface area contributed by atoms with E-state index in [-0.39, 0.29) is 6.04 Å². The van der Waals surface area contributed by atoms with Crippen LogP contribution in [-0.2, 0) is 11.3 Å². The summed E-state index contributed by atoms with van der Waals surface area (Å²) >= 11 is 7.61. The molecule has 0 bridgehead atoms. The summed E-state index contributed by atoms with van der Waals surface area (Å²) in [6, 6.07) is 4.11. The zero-order valence-electron chi connectivity index (χ0n) is 12.2. The van der Waals surface area contributed by atoms with E-state index in [0.29, 0.717) is 5.91 Å². The maximum atomic E-state index is 12.5. The molecular formula is C15H22ClN3OS. The first-order valence-corrected chi connectivity index (χ1v) is 8.90. The number of piperazine rings is 1. The quantitative estimate of drug-likeness (QED) is 0.924. The number of carbonyl (C=O) groups excluding carboxylic acids is 1. The second-order valence-electron chi connectivity index (χ2n) is 5.81. The van der Waals surface area contributed by atoms with Crippen molar-refractivity contribution in [2.45, 2.75) is 31.8 Å². The third kappa shape index (κ3) is 3.97. The van der Waals surface area contributed by atoms with E-state index in [1.165, 1.54) is 17.7 Å². The lowest BCUT2D eigenvalue weighted by atomic mass is 10.0. The smallest absolute Gasteiger partial charge is 0.239 e. The van der Waals surface area contributed by atoms with Crippen LogP contribution in [0.25, 0.3) is 0 Å². The number of nitrogens with one attached hydrogen (secondary N) is 1. The molecular weight excluding hydrogens is 306 g/mol. The van der Waals surface area contributed by atoms with E-state index in [2.05, 4.69) is 16.3 Å². The summed E-state index contributed by atoms with van der Waals surface area (Å²) < 4.78 is 0.849. The Labute approximate surface area is 135 Å². The number of halogens is 1. The maximum Gasteiger partial charge on any atom is 0.239 e. The van der Waals surface area contributed by atoms with Gasteiger partial charge in [-0.3, -0.25) is 9.69 Å². The van der Waals surface area contributed by atoms with Gasteiger partial charge in [-0.25, -0.2) is 0 Å². The lowest BCUT2D eigenvalue weighted by Crippen LogP contribution is -2.54. The van der Waals surface area contributed by atoms with Crippen LogP contribution in [0.1, 0.15) is 24.1 Å². The van der Waals surface area contributed by atoms with Crippen molar-refractivity contribution in [1.82, 2.24) is 15.1 Å². The molecule has 1 aromatic heterocycles. The molecule has 116 valence electrons. The number of rotatable bonds is 3. The highest BCUT2D eigenvalue weighted by Crippen LogP contribution is 2.23. The second kappa shape index (κ2) is 7.09. The van der Waals surface area contributed by atoms with Gasteiger partial charge in [-0.1, -0.05) is 18.0 Å². The molecule has 0 spiro atoms. The van der Waals surface area contributed by atoms with E-state index in [1.807, 2.05) is 11.0 Å². The first-order chi connectivity index (χ1) is 10.2. The number of nitrogens with zero attached hydrogens (tertiary/aromatic N) is 2. The summed E-state index contributed by atoms with van der Waals surface area (Å²) in [6.07, 6.45) is 3.36. The second-order valence-corrected chi connectivity index (χ2v) is 7.61. The molecule has 0 aliphatic carbocycles. The number of hydrogen-bond acceptors (Lipinski definition) is 4. The van der Waals surface area contributed by atoms with Crippen LogP contribution < -0.4 is 5.32 Å². The van der Waals surface area contributed by atoms with Crippen LogP contribution in [0.2, 0.25) is 4.34 Å². The molecule has 0 saturated carbocycles. The summed E-state index contributed by atoms with van der Waals surface area (Å²) in [6.45, 7) is 5.52. The third-order valence-electron chi connectivity index (χ3n) is 4.30. The van der Waals surface area contributed by atoms with Crippen LogP contribution in [0, 0.1) is 0 Å². The van der Waals surface area contributed by atoms with Gasteiger partial charge in [0.15, 0.2) is 0 Å². The van der Waals surface area contributed by atoms with Crippen molar-refractivity contribution in [3.63, 3.8) is 0 Å². The van der Waals surface area contributed by atoms with Crippen LogP contribution in [0.4, 0.5) is 0 Å². The Morgan fingerprint density at radius 2 is 2.10 bits per heavy atom. The first kappa shape index (κ1) is 15.3. The summed E-state index contributed by atoms with van der Waals surface area (Å²) in [5.74, 6) is 0.300. The van der Waals surface area contributed by atoms with Crippen LogP contribution in [0.5, 0.6) is 0 Å². The average molecular weight is 328 g/mol. The van der Waals surface area contributed by atoms with Gasteiger partial charge >= 0.3 is 0 Å². The van der Waals surface area contributed by atoms with Crippen LogP contribution in [-0.4, -0.2) is 54.5 Å². The van der Waals surface area contributed by atoms with Crippen LogP contribution >= 0.6 is 22.9 Å². The van der Waals surface area contributed by atoms with Gasteiger partial charge in [-0.15, -0.1) is 11.3 Å². The van der Waals surface area contributed by atoms with Gasteiger partial charge in [0.05, 0.1) is 10.4 Å². The molecule has 0 radical (unpaired) electrons. The molecule has 1 unspecified atom stereocenters. The van der Waals surface area contributed by atoms with Gasteiger partial charge in [0, 0.05) is 37.6 Å². The Morgan fingerprint density at radius 1 is 1.29 bits per heavy atom. The Bertz CT molecular complexity index is 479. The summed E-state index contributed by atoms with van der Waals surface area (Å²) in [4.78, 5) is 18.2. The molecule has 3 rings (SSSR count). The number of thiophene rings is 1. The molecule has 0 aromatic carbocycles. The Morgan fingerprint density at radius 3 is 2.71 bits per heavy atom. The van der Waals surface area contributed by atoms with Gasteiger partial charge in [-0.05, 0) is 31.5 Å². The minimum Gasteiger partial charge on any atom is -0.339 e. The summed E-state index contributed by atoms with van der Waals surface area (Å²) in [5.41, 5.74) is 0. The highest BCUT2D eigenvalue weighted by atomic mass is 35.5. The molecule has 21 heavy (non-hydrogen) atoms. The van der Waals surface area contributed by atoms with Crippen molar-refractivity contribution in [3.8, 4) is 0 Å². The topological polar surface area (TPSA) is 35.6 Å². The van der Waals surface area contributed by atoms with Crippen molar-refractivity contribution in [2.24, 2.45) is 0 Å². The van der Waals surface area contributed by atoms with E-state index in [9.17, 15) is 4.79 Å². The molecule has 1 N–H and O–H groups in total. The molecule has 2 fully saturated rings. The predicted octanol–water partition coefficient (Wildman–Crippen LogP) is 2.19. The number of piperidine rings is 1. The van der Waals surface area contributed by atoms with Crippen molar-refractivity contribution < 1.29 is 4.79 Å².